The standard InChI is InChI=1S/C31H27N3O7S/c1-5-39-30(38)26-17(3)32-31-34(27(26)20-8-11-23-24(13-20)41-15-40-23)28(35)25(42-31)14-21-12-16(2)33(18(21)4)22-9-6-19(7-10-22)29(36)37/h6-14,27H,5,15H2,1-4H3,(H,36,37)/b25-14+/t27-/m0/s1. The minimum atomic E-state index is -0.987. The van der Waals surface area contributed by atoms with E-state index in [9.17, 15) is 19.5 Å². The zero-order valence-electron chi connectivity index (χ0n) is 23.3. The van der Waals surface area contributed by atoms with Crippen LogP contribution in [0.4, 0.5) is 0 Å². The molecule has 0 amide bonds. The Balaban J connectivity index is 1.49. The zero-order valence-corrected chi connectivity index (χ0v) is 24.2. The Morgan fingerprint density at radius 1 is 1.10 bits per heavy atom. The number of nitrogens with zero attached hydrogens (tertiary/aromatic N) is 3. The number of benzene rings is 2. The van der Waals surface area contributed by atoms with Gasteiger partial charge in [0.1, 0.15) is 0 Å². The summed E-state index contributed by atoms with van der Waals surface area (Å²) in [7, 11) is 0. The Labute approximate surface area is 244 Å². The van der Waals surface area contributed by atoms with Gasteiger partial charge in [-0.3, -0.25) is 9.36 Å². The molecule has 0 unspecified atom stereocenters. The van der Waals surface area contributed by atoms with E-state index in [1.807, 2.05) is 36.6 Å². The smallest absolute Gasteiger partial charge is 0.338 e. The second-order valence-corrected chi connectivity index (χ2v) is 10.9. The number of allylic oxidation sites excluding steroid dienone is 1. The van der Waals surface area contributed by atoms with E-state index < -0.39 is 18.0 Å². The third-order valence-electron chi connectivity index (χ3n) is 7.36. The summed E-state index contributed by atoms with van der Waals surface area (Å²) in [6, 6.07) is 13.2. The van der Waals surface area contributed by atoms with E-state index in [-0.39, 0.29) is 30.1 Å². The van der Waals surface area contributed by atoms with Crippen LogP contribution in [0.1, 0.15) is 52.8 Å². The lowest BCUT2D eigenvalue weighted by atomic mass is 9.95. The molecular weight excluding hydrogens is 558 g/mol. The summed E-state index contributed by atoms with van der Waals surface area (Å²) in [5.41, 5.74) is 4.82. The van der Waals surface area contributed by atoms with Gasteiger partial charge in [-0.1, -0.05) is 17.4 Å². The first-order valence-electron chi connectivity index (χ1n) is 13.3. The van der Waals surface area contributed by atoms with Crippen molar-refractivity contribution < 1.29 is 28.9 Å². The van der Waals surface area contributed by atoms with Crippen LogP contribution in [-0.2, 0) is 9.53 Å². The molecule has 214 valence electrons. The number of thiazole rings is 1. The normalized spacial score (nSPS) is 15.9. The summed E-state index contributed by atoms with van der Waals surface area (Å²) >= 11 is 1.25. The van der Waals surface area contributed by atoms with Gasteiger partial charge in [-0.25, -0.2) is 14.6 Å². The van der Waals surface area contributed by atoms with Crippen LogP contribution in [0, 0.1) is 13.8 Å². The van der Waals surface area contributed by atoms with E-state index in [4.69, 9.17) is 14.2 Å². The van der Waals surface area contributed by atoms with E-state index in [2.05, 4.69) is 4.99 Å². The molecule has 2 aromatic carbocycles. The van der Waals surface area contributed by atoms with Crippen molar-refractivity contribution in [2.75, 3.05) is 13.4 Å². The van der Waals surface area contributed by atoms with E-state index in [0.29, 0.717) is 32.1 Å². The number of hydrogen-bond donors (Lipinski definition) is 1. The summed E-state index contributed by atoms with van der Waals surface area (Å²) in [4.78, 5) is 43.6. The van der Waals surface area contributed by atoms with Gasteiger partial charge in [0.25, 0.3) is 5.56 Å². The van der Waals surface area contributed by atoms with Gasteiger partial charge in [0.05, 0.1) is 34.0 Å². The van der Waals surface area contributed by atoms with Crippen molar-refractivity contribution in [3.05, 3.63) is 108 Å². The molecule has 2 aliphatic heterocycles. The Morgan fingerprint density at radius 2 is 1.83 bits per heavy atom. The zero-order chi connectivity index (χ0) is 29.7. The van der Waals surface area contributed by atoms with Crippen molar-refractivity contribution in [3.63, 3.8) is 0 Å². The SMILES string of the molecule is CCOC(=O)C1=C(C)N=c2s/c(=C/c3cc(C)n(-c4ccc(C(=O)O)cc4)c3C)c(=O)n2[C@H]1c1ccc2c(c1)OCO2. The monoisotopic (exact) mass is 585 g/mol. The Hall–Kier alpha value is -4.90. The van der Waals surface area contributed by atoms with Crippen LogP contribution in [0.5, 0.6) is 11.5 Å². The number of aryl methyl sites for hydroxylation is 1. The first-order chi connectivity index (χ1) is 20.2. The fourth-order valence-electron chi connectivity index (χ4n) is 5.42. The number of carboxylic acid groups (broad SMARTS) is 1. The third-order valence-corrected chi connectivity index (χ3v) is 8.34. The Kier molecular flexibility index (Phi) is 6.82. The number of carbonyl (C=O) groups excluding carboxylic acids is 1. The van der Waals surface area contributed by atoms with Gasteiger partial charge in [-0.2, -0.15) is 0 Å². The first kappa shape index (κ1) is 27.3. The van der Waals surface area contributed by atoms with Gasteiger partial charge in [0.15, 0.2) is 16.3 Å². The molecule has 6 rings (SSSR count). The number of carboxylic acids is 1. The summed E-state index contributed by atoms with van der Waals surface area (Å²) in [6.45, 7) is 7.65. The molecule has 1 N–H and O–H groups in total. The van der Waals surface area contributed by atoms with Gasteiger partial charge in [-0.05, 0) is 87.4 Å². The van der Waals surface area contributed by atoms with Gasteiger partial charge in [0, 0.05) is 17.1 Å². The lowest BCUT2D eigenvalue weighted by molar-refractivity contribution is -0.139. The van der Waals surface area contributed by atoms with Crippen LogP contribution in [0.3, 0.4) is 0 Å². The number of fused-ring (bicyclic) bond motifs is 2. The maximum Gasteiger partial charge on any atom is 0.338 e. The fourth-order valence-corrected chi connectivity index (χ4v) is 6.45. The number of hydrogen-bond acceptors (Lipinski definition) is 8. The minimum absolute atomic E-state index is 0.100. The minimum Gasteiger partial charge on any atom is -0.478 e. The van der Waals surface area contributed by atoms with Crippen LogP contribution in [0.25, 0.3) is 11.8 Å². The predicted octanol–water partition coefficient (Wildman–Crippen LogP) is 3.63. The highest BCUT2D eigenvalue weighted by Crippen LogP contribution is 2.38. The van der Waals surface area contributed by atoms with Gasteiger partial charge >= 0.3 is 11.9 Å². The highest BCUT2D eigenvalue weighted by molar-refractivity contribution is 7.07. The van der Waals surface area contributed by atoms with Crippen molar-refractivity contribution in [1.29, 1.82) is 0 Å². The molecule has 2 aromatic heterocycles. The molecular formula is C31H27N3O7S. The maximum atomic E-state index is 14.0. The van der Waals surface area contributed by atoms with Gasteiger partial charge in [-0.15, -0.1) is 0 Å². The Morgan fingerprint density at radius 3 is 2.55 bits per heavy atom. The third kappa shape index (κ3) is 4.51. The van der Waals surface area contributed by atoms with Crippen LogP contribution in [0.2, 0.25) is 0 Å². The molecule has 0 saturated carbocycles. The molecule has 0 aliphatic carbocycles. The molecule has 42 heavy (non-hydrogen) atoms. The number of carbonyl (C=O) groups is 2. The topological polar surface area (TPSA) is 121 Å². The highest BCUT2D eigenvalue weighted by Gasteiger charge is 2.34. The summed E-state index contributed by atoms with van der Waals surface area (Å²) < 4.78 is 20.4. The van der Waals surface area contributed by atoms with Crippen LogP contribution in [-0.4, -0.2) is 39.6 Å². The van der Waals surface area contributed by atoms with Crippen molar-refractivity contribution in [2.45, 2.75) is 33.7 Å². The van der Waals surface area contributed by atoms with E-state index >= 15 is 0 Å². The number of ether oxygens (including phenoxy) is 3. The molecule has 4 aromatic rings. The molecule has 0 fully saturated rings. The summed E-state index contributed by atoms with van der Waals surface area (Å²) in [5, 5.41) is 9.25. The molecule has 0 bridgehead atoms. The van der Waals surface area contributed by atoms with E-state index in [0.717, 1.165) is 22.6 Å². The van der Waals surface area contributed by atoms with Crippen LogP contribution in [0.15, 0.2) is 69.6 Å². The number of esters is 1. The predicted molar refractivity (Wildman–Crippen MR) is 155 cm³/mol. The number of rotatable bonds is 6. The largest absolute Gasteiger partial charge is 0.478 e. The summed E-state index contributed by atoms with van der Waals surface area (Å²) in [5.74, 6) is -0.388. The van der Waals surface area contributed by atoms with E-state index in [1.165, 1.54) is 15.9 Å². The molecule has 0 saturated heterocycles. The Bertz CT molecular complexity index is 1980. The average molecular weight is 586 g/mol. The van der Waals surface area contributed by atoms with Gasteiger partial charge < -0.3 is 23.9 Å². The molecule has 1 atom stereocenters. The first-order valence-corrected chi connectivity index (χ1v) is 14.1. The van der Waals surface area contributed by atoms with Crippen molar-refractivity contribution in [1.82, 2.24) is 9.13 Å². The van der Waals surface area contributed by atoms with Crippen molar-refractivity contribution >= 4 is 29.4 Å². The lowest BCUT2D eigenvalue weighted by Gasteiger charge is -2.24. The quantitative estimate of drug-likeness (QED) is 0.343. The molecule has 2 aliphatic rings. The van der Waals surface area contributed by atoms with Crippen molar-refractivity contribution in [2.24, 2.45) is 4.99 Å². The second-order valence-electron chi connectivity index (χ2n) is 9.93. The molecule has 10 nitrogen and oxygen atoms in total. The van der Waals surface area contributed by atoms with Crippen molar-refractivity contribution in [3.8, 4) is 17.2 Å². The maximum absolute atomic E-state index is 14.0. The van der Waals surface area contributed by atoms with Crippen LogP contribution < -0.4 is 24.4 Å². The lowest BCUT2D eigenvalue weighted by Crippen LogP contribution is -2.39. The average Bonchev–Trinajstić information content (AvgIpc) is 3.63. The summed E-state index contributed by atoms with van der Waals surface area (Å²) in [6.07, 6.45) is 1.83. The second kappa shape index (κ2) is 10.5. The van der Waals surface area contributed by atoms with E-state index in [1.54, 1.807) is 50.2 Å². The van der Waals surface area contributed by atoms with Gasteiger partial charge in [0.2, 0.25) is 6.79 Å². The van der Waals surface area contributed by atoms with Crippen LogP contribution >= 0.6 is 11.3 Å². The highest BCUT2D eigenvalue weighted by atomic mass is 32.1. The number of aromatic nitrogens is 2. The molecule has 0 radical (unpaired) electrons. The molecule has 4 heterocycles. The fraction of sp³-hybridized carbons (Fsp3) is 0.226. The number of aromatic carboxylic acids is 1. The molecule has 0 spiro atoms. The molecule has 11 heteroatoms.